The van der Waals surface area contributed by atoms with Crippen LogP contribution in [0.2, 0.25) is 0 Å². The molecule has 1 aliphatic heterocycles. The number of nitrogens with zero attached hydrogens (tertiary/aromatic N) is 2. The number of para-hydroxylation sites is 1. The Kier molecular flexibility index (Phi) is 8.56. The van der Waals surface area contributed by atoms with Gasteiger partial charge < -0.3 is 24.7 Å². The number of fused-ring (bicyclic) bond motifs is 1. The number of hydrogen-bond acceptors (Lipinski definition) is 4. The average molecular weight is 500 g/mol. The van der Waals surface area contributed by atoms with Gasteiger partial charge >= 0.3 is 0 Å². The molecule has 2 aromatic rings. The minimum Gasteiger partial charge on any atom is -0.459 e. The largest absolute Gasteiger partial charge is 0.459 e. The van der Waals surface area contributed by atoms with E-state index in [2.05, 4.69) is 28.6 Å². The molecule has 1 amide bonds. The third-order valence-electron chi connectivity index (χ3n) is 4.79. The van der Waals surface area contributed by atoms with E-state index in [0.29, 0.717) is 12.5 Å². The number of furan rings is 1. The topological polar surface area (TPSA) is 79.1 Å². The van der Waals surface area contributed by atoms with Crippen LogP contribution in [0, 0.1) is 6.92 Å². The number of hydrogen-bond donors (Lipinski definition) is 2. The summed E-state index contributed by atoms with van der Waals surface area (Å²) in [6, 6.07) is 8.29. The number of benzene rings is 1. The number of amides is 1. The zero-order valence-electron chi connectivity index (χ0n) is 16.7. The third kappa shape index (κ3) is 5.84. The lowest BCUT2D eigenvalue weighted by molar-refractivity contribution is -0.127. The number of ether oxygens (including phenoxy) is 1. The molecule has 1 fully saturated rings. The van der Waals surface area contributed by atoms with Crippen molar-refractivity contribution in [1.82, 2.24) is 15.5 Å². The van der Waals surface area contributed by atoms with Crippen LogP contribution in [-0.4, -0.2) is 56.7 Å². The summed E-state index contributed by atoms with van der Waals surface area (Å²) in [6.07, 6.45) is 1.85. The minimum absolute atomic E-state index is 0. The van der Waals surface area contributed by atoms with Crippen molar-refractivity contribution in [2.24, 2.45) is 4.99 Å². The fourth-order valence-corrected chi connectivity index (χ4v) is 3.03. The van der Waals surface area contributed by atoms with Gasteiger partial charge in [-0.2, -0.15) is 0 Å². The Morgan fingerprint density at radius 1 is 1.25 bits per heavy atom. The van der Waals surface area contributed by atoms with Crippen LogP contribution in [0.3, 0.4) is 0 Å². The summed E-state index contributed by atoms with van der Waals surface area (Å²) in [4.78, 5) is 17.9. The van der Waals surface area contributed by atoms with Crippen LogP contribution in [0.5, 0.6) is 0 Å². The summed E-state index contributed by atoms with van der Waals surface area (Å²) >= 11 is 0. The van der Waals surface area contributed by atoms with E-state index in [4.69, 9.17) is 9.15 Å². The number of guanidine groups is 1. The highest BCUT2D eigenvalue weighted by Crippen LogP contribution is 2.24. The Balaban J connectivity index is 0.00000280. The van der Waals surface area contributed by atoms with E-state index in [0.717, 1.165) is 48.3 Å². The number of halogens is 1. The zero-order chi connectivity index (χ0) is 19.2. The molecule has 0 radical (unpaired) electrons. The van der Waals surface area contributed by atoms with Crippen LogP contribution in [0.4, 0.5) is 0 Å². The fraction of sp³-hybridized carbons (Fsp3) is 0.500. The summed E-state index contributed by atoms with van der Waals surface area (Å²) in [5.74, 6) is 1.46. The molecule has 2 heterocycles. The molecule has 1 aliphatic rings. The summed E-state index contributed by atoms with van der Waals surface area (Å²) in [5.41, 5.74) is 2.00. The number of aryl methyl sites for hydroxylation is 1. The van der Waals surface area contributed by atoms with E-state index in [1.54, 1.807) is 19.0 Å². The Morgan fingerprint density at radius 2 is 1.96 bits per heavy atom. The van der Waals surface area contributed by atoms with Gasteiger partial charge in [0.1, 0.15) is 17.9 Å². The fourth-order valence-electron chi connectivity index (χ4n) is 3.03. The van der Waals surface area contributed by atoms with Gasteiger partial charge in [0, 0.05) is 44.3 Å². The van der Waals surface area contributed by atoms with Gasteiger partial charge in [-0.25, -0.2) is 4.99 Å². The second-order valence-electron chi connectivity index (χ2n) is 6.98. The van der Waals surface area contributed by atoms with Crippen LogP contribution in [-0.2, 0) is 16.1 Å². The molecule has 0 spiro atoms. The normalized spacial score (nSPS) is 15.2. The summed E-state index contributed by atoms with van der Waals surface area (Å²) in [6.45, 7) is 4.14. The molecule has 0 atom stereocenters. The lowest BCUT2D eigenvalue weighted by Gasteiger charge is -2.25. The van der Waals surface area contributed by atoms with Gasteiger partial charge in [0.25, 0.3) is 0 Å². The maximum Gasteiger partial charge on any atom is 0.243 e. The molecule has 0 aliphatic carbocycles. The highest BCUT2D eigenvalue weighted by atomic mass is 127. The molecule has 0 bridgehead atoms. The standard InChI is InChI=1S/C20H28N4O3.HI/c1-14-16-6-4-5-7-17(16)27-18(14)12-21-20(22-13-19(25)24(2)3)23-15-8-10-26-11-9-15;/h4-7,15H,8-13H2,1-3H3,(H2,21,22,23);1H. The van der Waals surface area contributed by atoms with Crippen molar-refractivity contribution >= 4 is 46.8 Å². The zero-order valence-corrected chi connectivity index (χ0v) is 19.0. The van der Waals surface area contributed by atoms with Gasteiger partial charge in [-0.1, -0.05) is 18.2 Å². The van der Waals surface area contributed by atoms with Crippen molar-refractivity contribution in [3.8, 4) is 0 Å². The lowest BCUT2D eigenvalue weighted by Crippen LogP contribution is -2.46. The minimum atomic E-state index is -0.0389. The monoisotopic (exact) mass is 500 g/mol. The summed E-state index contributed by atoms with van der Waals surface area (Å²) in [7, 11) is 3.46. The van der Waals surface area contributed by atoms with Crippen molar-refractivity contribution in [3.63, 3.8) is 0 Å². The molecule has 0 saturated carbocycles. The lowest BCUT2D eigenvalue weighted by atomic mass is 10.1. The molecular formula is C20H29IN4O3. The van der Waals surface area contributed by atoms with Gasteiger partial charge in [-0.15, -0.1) is 24.0 Å². The summed E-state index contributed by atoms with van der Waals surface area (Å²) in [5, 5.41) is 7.85. The molecule has 3 rings (SSSR count). The van der Waals surface area contributed by atoms with Crippen molar-refractivity contribution < 1.29 is 13.9 Å². The van der Waals surface area contributed by atoms with Gasteiger partial charge in [0.15, 0.2) is 5.96 Å². The molecule has 1 saturated heterocycles. The van der Waals surface area contributed by atoms with E-state index in [9.17, 15) is 4.79 Å². The van der Waals surface area contributed by atoms with E-state index in [-0.39, 0.29) is 42.5 Å². The Labute approximate surface area is 182 Å². The predicted octanol–water partition coefficient (Wildman–Crippen LogP) is 2.66. The third-order valence-corrected chi connectivity index (χ3v) is 4.79. The van der Waals surface area contributed by atoms with Crippen LogP contribution in [0.15, 0.2) is 33.7 Å². The number of carbonyl (C=O) groups is 1. The SMILES string of the molecule is Cc1c(CNC(=NCC(=O)N(C)C)NC2CCOCC2)oc2ccccc12.I. The second kappa shape index (κ2) is 10.7. The van der Waals surface area contributed by atoms with Crippen LogP contribution in [0.25, 0.3) is 11.0 Å². The van der Waals surface area contributed by atoms with E-state index < -0.39 is 0 Å². The van der Waals surface area contributed by atoms with Gasteiger partial charge in [0.05, 0.1) is 6.54 Å². The van der Waals surface area contributed by atoms with Gasteiger partial charge in [-0.05, 0) is 25.8 Å². The maximum absolute atomic E-state index is 11.9. The van der Waals surface area contributed by atoms with Crippen molar-refractivity contribution in [1.29, 1.82) is 0 Å². The quantitative estimate of drug-likeness (QED) is 0.375. The molecule has 2 N–H and O–H groups in total. The number of nitrogens with one attached hydrogen (secondary N) is 2. The maximum atomic E-state index is 11.9. The number of carbonyl (C=O) groups excluding carboxylic acids is 1. The average Bonchev–Trinajstić information content (AvgIpc) is 3.00. The van der Waals surface area contributed by atoms with Gasteiger partial charge in [-0.3, -0.25) is 4.79 Å². The first-order valence-corrected chi connectivity index (χ1v) is 9.34. The van der Waals surface area contributed by atoms with E-state index in [1.807, 2.05) is 18.2 Å². The molecule has 7 nitrogen and oxygen atoms in total. The number of aliphatic imine (C=N–C) groups is 1. The molecule has 0 unspecified atom stereocenters. The van der Waals surface area contributed by atoms with Crippen LogP contribution in [0.1, 0.15) is 24.2 Å². The molecular weight excluding hydrogens is 471 g/mol. The van der Waals surface area contributed by atoms with Gasteiger partial charge in [0.2, 0.25) is 5.91 Å². The highest BCUT2D eigenvalue weighted by Gasteiger charge is 2.16. The second-order valence-corrected chi connectivity index (χ2v) is 6.98. The smallest absolute Gasteiger partial charge is 0.243 e. The molecule has 154 valence electrons. The predicted molar refractivity (Wildman–Crippen MR) is 121 cm³/mol. The first kappa shape index (κ1) is 22.5. The molecule has 1 aromatic carbocycles. The Bertz CT molecular complexity index is 813. The number of likely N-dealkylation sites (N-methyl/N-ethyl adjacent to an activating group) is 1. The van der Waals surface area contributed by atoms with Crippen LogP contribution < -0.4 is 10.6 Å². The number of rotatable bonds is 5. The molecule has 8 heteroatoms. The van der Waals surface area contributed by atoms with E-state index >= 15 is 0 Å². The van der Waals surface area contributed by atoms with Crippen LogP contribution >= 0.6 is 24.0 Å². The first-order valence-electron chi connectivity index (χ1n) is 9.34. The first-order chi connectivity index (χ1) is 13.0. The Morgan fingerprint density at radius 3 is 2.64 bits per heavy atom. The van der Waals surface area contributed by atoms with E-state index in [1.165, 1.54) is 0 Å². The Hall–Kier alpha value is -1.81. The highest BCUT2D eigenvalue weighted by molar-refractivity contribution is 14.0. The van der Waals surface area contributed by atoms with Crippen molar-refractivity contribution in [2.75, 3.05) is 33.9 Å². The molecule has 28 heavy (non-hydrogen) atoms. The summed E-state index contributed by atoms with van der Waals surface area (Å²) < 4.78 is 11.4. The molecule has 1 aromatic heterocycles. The van der Waals surface area contributed by atoms with Crippen molar-refractivity contribution in [3.05, 3.63) is 35.6 Å². The van der Waals surface area contributed by atoms with Crippen molar-refractivity contribution in [2.45, 2.75) is 32.4 Å².